The first-order chi connectivity index (χ1) is 13.9. The van der Waals surface area contributed by atoms with Crippen LogP contribution in [0.25, 0.3) is 11.4 Å². The third-order valence-electron chi connectivity index (χ3n) is 5.24. The number of carboxylic acid groups (broad SMARTS) is 1. The van der Waals surface area contributed by atoms with E-state index in [9.17, 15) is 13.6 Å². The molecule has 1 amide bonds. The topological polar surface area (TPSA) is 125 Å². The van der Waals surface area contributed by atoms with Crippen molar-refractivity contribution < 1.29 is 23.4 Å². The number of amides is 1. The minimum atomic E-state index is -1.90. The monoisotopic (exact) mass is 418 g/mol. The molecule has 1 saturated heterocycles. The molecule has 3 N–H and O–H groups in total. The minimum absolute atomic E-state index is 0.160. The van der Waals surface area contributed by atoms with E-state index in [1.54, 1.807) is 24.3 Å². The van der Waals surface area contributed by atoms with Crippen LogP contribution in [0.5, 0.6) is 0 Å². The Kier molecular flexibility index (Phi) is 5.48. The fourth-order valence-electron chi connectivity index (χ4n) is 3.48. The van der Waals surface area contributed by atoms with Gasteiger partial charge in [-0.25, -0.2) is 19.0 Å². The van der Waals surface area contributed by atoms with E-state index < -0.39 is 17.2 Å². The molecular weight excluding hydrogens is 396 g/mol. The molecule has 1 saturated carbocycles. The predicted molar refractivity (Wildman–Crippen MR) is 109 cm³/mol. The van der Waals surface area contributed by atoms with Crippen LogP contribution in [0.4, 0.5) is 16.3 Å². The van der Waals surface area contributed by atoms with Crippen LogP contribution >= 0.6 is 0 Å². The molecule has 1 unspecified atom stereocenters. The average Bonchev–Trinajstić information content (AvgIpc) is 3.48. The maximum atomic E-state index is 11.5. The van der Waals surface area contributed by atoms with Crippen molar-refractivity contribution in [2.24, 2.45) is 0 Å². The Bertz CT molecular complexity index is 927. The molecule has 4 rings (SSSR count). The Morgan fingerprint density at radius 3 is 2.48 bits per heavy atom. The van der Waals surface area contributed by atoms with Gasteiger partial charge in [0.25, 0.3) is 0 Å². The van der Waals surface area contributed by atoms with E-state index in [0.717, 1.165) is 43.0 Å². The summed E-state index contributed by atoms with van der Waals surface area (Å²) in [4.78, 5) is 22.4. The summed E-state index contributed by atoms with van der Waals surface area (Å²) in [7, 11) is 0. The van der Waals surface area contributed by atoms with Gasteiger partial charge in [0.15, 0.2) is 16.9 Å². The number of aromatic nitrogens is 2. The number of carbonyl (C=O) groups is 1. The number of hydrogen-bond acceptors (Lipinski definition) is 6. The summed E-state index contributed by atoms with van der Waals surface area (Å²) < 4.78 is 26.4. The Hall–Kier alpha value is -2.56. The lowest BCUT2D eigenvalue weighted by Crippen LogP contribution is -2.37. The molecule has 1 aromatic carbocycles. The van der Waals surface area contributed by atoms with Crippen LogP contribution in [0.2, 0.25) is 0 Å². The molecule has 1 atom stereocenters. The maximum Gasteiger partial charge on any atom is 0.409 e. The van der Waals surface area contributed by atoms with Crippen LogP contribution in [0.3, 0.4) is 0 Å². The van der Waals surface area contributed by atoms with Gasteiger partial charge in [-0.05, 0) is 37.1 Å². The zero-order valence-electron chi connectivity index (χ0n) is 15.7. The van der Waals surface area contributed by atoms with Gasteiger partial charge in [0.05, 0.1) is 24.7 Å². The van der Waals surface area contributed by atoms with Gasteiger partial charge in [-0.2, -0.15) is 0 Å². The van der Waals surface area contributed by atoms with Crippen LogP contribution in [-0.2, 0) is 21.2 Å². The summed E-state index contributed by atoms with van der Waals surface area (Å²) in [6.45, 7) is 2.68. The van der Waals surface area contributed by atoms with Gasteiger partial charge in [0.2, 0.25) is 0 Å². The molecule has 154 valence electrons. The van der Waals surface area contributed by atoms with E-state index in [0.29, 0.717) is 24.7 Å². The SMILES string of the molecule is O=C(O)Nc1ccc(-c2nc(N3CCOCC3)cc(C3(CS(=O)O)CC3)n2)cc1. The molecule has 1 aromatic heterocycles. The number of hydrogen-bond donors (Lipinski definition) is 3. The summed E-state index contributed by atoms with van der Waals surface area (Å²) in [6, 6.07) is 8.76. The van der Waals surface area contributed by atoms with Gasteiger partial charge in [-0.3, -0.25) is 5.32 Å². The van der Waals surface area contributed by atoms with Crippen molar-refractivity contribution in [3.05, 3.63) is 36.0 Å². The highest BCUT2D eigenvalue weighted by atomic mass is 32.2. The van der Waals surface area contributed by atoms with Crippen LogP contribution in [-0.4, -0.2) is 62.0 Å². The zero-order valence-corrected chi connectivity index (χ0v) is 16.5. The first-order valence-corrected chi connectivity index (χ1v) is 10.6. The lowest BCUT2D eigenvalue weighted by atomic mass is 10.0. The highest BCUT2D eigenvalue weighted by Gasteiger charge is 2.47. The van der Waals surface area contributed by atoms with Crippen molar-refractivity contribution in [2.75, 3.05) is 42.3 Å². The van der Waals surface area contributed by atoms with Crippen molar-refractivity contribution in [3.8, 4) is 11.4 Å². The third kappa shape index (κ3) is 4.55. The van der Waals surface area contributed by atoms with Crippen molar-refractivity contribution in [1.29, 1.82) is 0 Å². The summed E-state index contributed by atoms with van der Waals surface area (Å²) in [5.74, 6) is 1.45. The Labute approximate surface area is 170 Å². The van der Waals surface area contributed by atoms with Crippen LogP contribution < -0.4 is 10.2 Å². The second-order valence-corrected chi connectivity index (χ2v) is 8.22. The minimum Gasteiger partial charge on any atom is -0.465 e. The second kappa shape index (κ2) is 8.05. The quantitative estimate of drug-likeness (QED) is 0.611. The standard InChI is InChI=1S/C19H22N4O5S/c24-18(25)20-14-3-1-13(2-4-14)17-21-15(19(5-6-19)12-29(26)27)11-16(22-17)23-7-9-28-10-8-23/h1-4,11,20H,5-10,12H2,(H,24,25)(H,26,27). The highest BCUT2D eigenvalue weighted by Crippen LogP contribution is 2.48. The van der Waals surface area contributed by atoms with E-state index in [1.165, 1.54) is 0 Å². The van der Waals surface area contributed by atoms with Gasteiger partial charge in [0, 0.05) is 35.8 Å². The number of nitrogens with one attached hydrogen (secondary N) is 1. The molecule has 29 heavy (non-hydrogen) atoms. The number of benzene rings is 1. The number of nitrogens with zero attached hydrogens (tertiary/aromatic N) is 3. The molecule has 0 spiro atoms. The molecule has 2 heterocycles. The van der Waals surface area contributed by atoms with Gasteiger partial charge in [0.1, 0.15) is 5.82 Å². The van der Waals surface area contributed by atoms with Gasteiger partial charge < -0.3 is 19.3 Å². The van der Waals surface area contributed by atoms with E-state index in [1.807, 2.05) is 6.07 Å². The molecule has 0 bridgehead atoms. The number of rotatable bonds is 6. The van der Waals surface area contributed by atoms with E-state index >= 15 is 0 Å². The first-order valence-electron chi connectivity index (χ1n) is 9.35. The van der Waals surface area contributed by atoms with Crippen molar-refractivity contribution in [1.82, 2.24) is 9.97 Å². The van der Waals surface area contributed by atoms with E-state index in [4.69, 9.17) is 19.8 Å². The highest BCUT2D eigenvalue weighted by molar-refractivity contribution is 7.79. The lowest BCUT2D eigenvalue weighted by molar-refractivity contribution is 0.122. The fraction of sp³-hybridized carbons (Fsp3) is 0.421. The first kappa shape index (κ1) is 19.7. The Balaban J connectivity index is 1.71. The number of morpholine rings is 1. The smallest absolute Gasteiger partial charge is 0.409 e. The molecule has 1 aliphatic heterocycles. The molecule has 2 fully saturated rings. The summed E-state index contributed by atoms with van der Waals surface area (Å²) >= 11 is -1.90. The van der Waals surface area contributed by atoms with Crippen molar-refractivity contribution >= 4 is 28.7 Å². The summed E-state index contributed by atoms with van der Waals surface area (Å²) in [6.07, 6.45) is 0.512. The fourth-order valence-corrected chi connectivity index (χ4v) is 4.39. The van der Waals surface area contributed by atoms with Crippen molar-refractivity contribution in [3.63, 3.8) is 0 Å². The molecule has 9 nitrogen and oxygen atoms in total. The number of anilines is 2. The zero-order chi connectivity index (χ0) is 20.4. The molecule has 2 aromatic rings. The predicted octanol–water partition coefficient (Wildman–Crippen LogP) is 2.32. The largest absolute Gasteiger partial charge is 0.465 e. The molecule has 0 radical (unpaired) electrons. The number of ether oxygens (including phenoxy) is 1. The summed E-state index contributed by atoms with van der Waals surface area (Å²) in [5.41, 5.74) is 1.60. The van der Waals surface area contributed by atoms with Crippen LogP contribution in [0.15, 0.2) is 30.3 Å². The van der Waals surface area contributed by atoms with Gasteiger partial charge in [-0.1, -0.05) is 0 Å². The maximum absolute atomic E-state index is 11.5. The summed E-state index contributed by atoms with van der Waals surface area (Å²) in [5, 5.41) is 11.1. The molecular formula is C19H22N4O5S. The average molecular weight is 418 g/mol. The normalized spacial score (nSPS) is 18.9. The molecule has 10 heteroatoms. The molecule has 1 aliphatic carbocycles. The lowest BCUT2D eigenvalue weighted by Gasteiger charge is -2.29. The van der Waals surface area contributed by atoms with Crippen LogP contribution in [0.1, 0.15) is 18.5 Å². The Morgan fingerprint density at radius 1 is 1.21 bits per heavy atom. The van der Waals surface area contributed by atoms with Gasteiger partial charge in [-0.15, -0.1) is 0 Å². The second-order valence-electron chi connectivity index (χ2n) is 7.29. The Morgan fingerprint density at radius 2 is 1.90 bits per heavy atom. The van der Waals surface area contributed by atoms with E-state index in [2.05, 4.69) is 10.2 Å². The molecule has 2 aliphatic rings. The van der Waals surface area contributed by atoms with Gasteiger partial charge >= 0.3 is 6.09 Å². The van der Waals surface area contributed by atoms with Crippen LogP contribution in [0, 0.1) is 0 Å². The van der Waals surface area contributed by atoms with E-state index in [-0.39, 0.29) is 11.2 Å². The van der Waals surface area contributed by atoms with Crippen molar-refractivity contribution in [2.45, 2.75) is 18.3 Å². The third-order valence-corrected chi connectivity index (χ3v) is 6.04.